The van der Waals surface area contributed by atoms with Gasteiger partial charge in [0.25, 0.3) is 0 Å². The summed E-state index contributed by atoms with van der Waals surface area (Å²) in [5.74, 6) is 0. The van der Waals surface area contributed by atoms with Crippen LogP contribution in [0.25, 0.3) is 0 Å². The van der Waals surface area contributed by atoms with Crippen molar-refractivity contribution in [2.75, 3.05) is 26.2 Å². The van der Waals surface area contributed by atoms with Crippen LogP contribution in [0.5, 0.6) is 0 Å². The minimum Gasteiger partial charge on any atom is -0.314 e. The first-order valence-corrected chi connectivity index (χ1v) is 8.20. The van der Waals surface area contributed by atoms with Crippen LogP contribution in [-0.2, 0) is 0 Å². The summed E-state index contributed by atoms with van der Waals surface area (Å²) in [6, 6.07) is 13.3. The van der Waals surface area contributed by atoms with Gasteiger partial charge in [0.1, 0.15) is 0 Å². The van der Waals surface area contributed by atoms with E-state index >= 15 is 0 Å². The van der Waals surface area contributed by atoms with Crippen molar-refractivity contribution in [1.82, 2.24) is 10.2 Å². The molecule has 106 valence electrons. The smallest absolute Gasteiger partial charge is 0.0931 e. The molecule has 0 saturated carbocycles. The third-order valence-corrected chi connectivity index (χ3v) is 5.02. The van der Waals surface area contributed by atoms with Crippen molar-refractivity contribution in [2.24, 2.45) is 0 Å². The number of halogens is 1. The Bertz CT molecular complexity index is 575. The number of rotatable bonds is 3. The zero-order valence-corrected chi connectivity index (χ0v) is 13.2. The van der Waals surface area contributed by atoms with Gasteiger partial charge in [-0.1, -0.05) is 41.4 Å². The average Bonchev–Trinajstić information content (AvgIpc) is 2.87. The molecule has 1 saturated heterocycles. The molecule has 1 fully saturated rings. The number of hydrogen-bond acceptors (Lipinski definition) is 3. The van der Waals surface area contributed by atoms with Gasteiger partial charge >= 0.3 is 0 Å². The number of nitrogens with zero attached hydrogens (tertiary/aromatic N) is 1. The lowest BCUT2D eigenvalue weighted by Gasteiger charge is -2.34. The van der Waals surface area contributed by atoms with E-state index in [9.17, 15) is 0 Å². The molecule has 1 unspecified atom stereocenters. The lowest BCUT2D eigenvalue weighted by atomic mass is 10.0. The maximum absolute atomic E-state index is 6.15. The van der Waals surface area contributed by atoms with Crippen molar-refractivity contribution < 1.29 is 0 Å². The highest BCUT2D eigenvalue weighted by atomic mass is 35.5. The highest BCUT2D eigenvalue weighted by Gasteiger charge is 2.25. The fraction of sp³-hybridized carbons (Fsp3) is 0.375. The van der Waals surface area contributed by atoms with Crippen LogP contribution in [-0.4, -0.2) is 31.1 Å². The molecule has 1 aromatic carbocycles. The average molecular weight is 307 g/mol. The third kappa shape index (κ3) is 3.07. The fourth-order valence-corrected chi connectivity index (χ4v) is 4.04. The molecule has 0 radical (unpaired) electrons. The number of benzene rings is 1. The summed E-state index contributed by atoms with van der Waals surface area (Å²) in [5.41, 5.74) is 2.68. The van der Waals surface area contributed by atoms with Crippen LogP contribution in [0, 0.1) is 6.92 Å². The van der Waals surface area contributed by atoms with Gasteiger partial charge in [-0.25, -0.2) is 0 Å². The molecule has 1 aliphatic heterocycles. The van der Waals surface area contributed by atoms with Crippen molar-refractivity contribution in [2.45, 2.75) is 13.0 Å². The van der Waals surface area contributed by atoms with E-state index in [1.165, 1.54) is 16.0 Å². The monoisotopic (exact) mass is 306 g/mol. The SMILES string of the molecule is Cc1cccc(C(c2ccc(Cl)s2)N2CCNCC2)c1. The molecule has 1 aromatic heterocycles. The largest absolute Gasteiger partial charge is 0.314 e. The highest BCUT2D eigenvalue weighted by molar-refractivity contribution is 7.16. The number of thiophene rings is 1. The van der Waals surface area contributed by atoms with Gasteiger partial charge in [-0.3, -0.25) is 4.90 Å². The molecule has 1 atom stereocenters. The van der Waals surface area contributed by atoms with Gasteiger partial charge in [0, 0.05) is 31.1 Å². The van der Waals surface area contributed by atoms with Gasteiger partial charge in [0.15, 0.2) is 0 Å². The molecule has 2 aromatic rings. The maximum atomic E-state index is 6.15. The van der Waals surface area contributed by atoms with Crippen LogP contribution in [0.4, 0.5) is 0 Å². The lowest BCUT2D eigenvalue weighted by Crippen LogP contribution is -2.45. The first-order chi connectivity index (χ1) is 9.74. The zero-order chi connectivity index (χ0) is 13.9. The van der Waals surface area contributed by atoms with E-state index in [-0.39, 0.29) is 0 Å². The van der Waals surface area contributed by atoms with E-state index in [2.05, 4.69) is 47.5 Å². The Balaban J connectivity index is 1.98. The maximum Gasteiger partial charge on any atom is 0.0931 e. The van der Waals surface area contributed by atoms with Gasteiger partial charge in [0.2, 0.25) is 0 Å². The molecule has 0 aliphatic carbocycles. The summed E-state index contributed by atoms with van der Waals surface area (Å²) in [6.07, 6.45) is 0. The Morgan fingerprint density at radius 1 is 1.20 bits per heavy atom. The van der Waals surface area contributed by atoms with E-state index in [4.69, 9.17) is 11.6 Å². The summed E-state index contributed by atoms with van der Waals surface area (Å²) >= 11 is 7.84. The minimum absolute atomic E-state index is 0.328. The lowest BCUT2D eigenvalue weighted by molar-refractivity contribution is 0.200. The van der Waals surface area contributed by atoms with E-state index in [0.29, 0.717) is 6.04 Å². The molecule has 2 nitrogen and oxygen atoms in total. The van der Waals surface area contributed by atoms with Crippen molar-refractivity contribution in [3.8, 4) is 0 Å². The van der Waals surface area contributed by atoms with Gasteiger partial charge in [0.05, 0.1) is 10.4 Å². The highest BCUT2D eigenvalue weighted by Crippen LogP contribution is 2.35. The van der Waals surface area contributed by atoms with E-state index in [1.54, 1.807) is 11.3 Å². The predicted molar refractivity (Wildman–Crippen MR) is 86.8 cm³/mol. The van der Waals surface area contributed by atoms with Crippen molar-refractivity contribution in [1.29, 1.82) is 0 Å². The molecule has 0 amide bonds. The van der Waals surface area contributed by atoms with Gasteiger partial charge in [-0.2, -0.15) is 0 Å². The molecule has 1 aliphatic rings. The van der Waals surface area contributed by atoms with E-state index in [1.807, 2.05) is 6.07 Å². The Morgan fingerprint density at radius 2 is 2.00 bits per heavy atom. The molecular weight excluding hydrogens is 288 g/mol. The molecule has 0 bridgehead atoms. The summed E-state index contributed by atoms with van der Waals surface area (Å²) in [5, 5.41) is 3.42. The Hall–Kier alpha value is -0.870. The van der Waals surface area contributed by atoms with Crippen molar-refractivity contribution in [3.63, 3.8) is 0 Å². The van der Waals surface area contributed by atoms with Gasteiger partial charge < -0.3 is 5.32 Å². The van der Waals surface area contributed by atoms with Crippen LogP contribution in [0.2, 0.25) is 4.34 Å². The Labute approximate surface area is 129 Å². The Kier molecular flexibility index (Phi) is 4.41. The van der Waals surface area contributed by atoms with Gasteiger partial charge in [-0.05, 0) is 24.6 Å². The molecule has 2 heterocycles. The summed E-state index contributed by atoms with van der Waals surface area (Å²) in [6.45, 7) is 6.42. The quantitative estimate of drug-likeness (QED) is 0.930. The van der Waals surface area contributed by atoms with Crippen molar-refractivity contribution >= 4 is 22.9 Å². The fourth-order valence-electron chi connectivity index (χ4n) is 2.81. The Morgan fingerprint density at radius 3 is 2.65 bits per heavy atom. The zero-order valence-electron chi connectivity index (χ0n) is 11.6. The van der Waals surface area contributed by atoms with Crippen LogP contribution < -0.4 is 5.32 Å². The molecule has 0 spiro atoms. The normalized spacial score (nSPS) is 18.1. The molecular formula is C16H19ClN2S. The van der Waals surface area contributed by atoms with Crippen LogP contribution in [0.1, 0.15) is 22.0 Å². The minimum atomic E-state index is 0.328. The molecule has 4 heteroatoms. The second-order valence-corrected chi connectivity index (χ2v) is 6.99. The topological polar surface area (TPSA) is 15.3 Å². The number of hydrogen-bond donors (Lipinski definition) is 1. The first-order valence-electron chi connectivity index (χ1n) is 7.00. The molecule has 20 heavy (non-hydrogen) atoms. The molecule has 1 N–H and O–H groups in total. The second-order valence-electron chi connectivity index (χ2n) is 5.24. The molecule has 3 rings (SSSR count). The van der Waals surface area contributed by atoms with Crippen LogP contribution in [0.15, 0.2) is 36.4 Å². The standard InChI is InChI=1S/C16H19ClN2S/c1-12-3-2-4-13(11-12)16(14-5-6-15(17)20-14)19-9-7-18-8-10-19/h2-6,11,16,18H,7-10H2,1H3. The number of aryl methyl sites for hydroxylation is 1. The second kappa shape index (κ2) is 6.27. The predicted octanol–water partition coefficient (Wildman–Crippen LogP) is 3.70. The van der Waals surface area contributed by atoms with Crippen LogP contribution >= 0.6 is 22.9 Å². The summed E-state index contributed by atoms with van der Waals surface area (Å²) < 4.78 is 0.868. The number of piperazine rings is 1. The van der Waals surface area contributed by atoms with Crippen molar-refractivity contribution in [3.05, 3.63) is 56.7 Å². The summed E-state index contributed by atoms with van der Waals surface area (Å²) in [7, 11) is 0. The summed E-state index contributed by atoms with van der Waals surface area (Å²) in [4.78, 5) is 3.88. The third-order valence-electron chi connectivity index (χ3n) is 3.74. The van der Waals surface area contributed by atoms with E-state index in [0.717, 1.165) is 30.5 Å². The van der Waals surface area contributed by atoms with Crippen LogP contribution in [0.3, 0.4) is 0 Å². The first kappa shape index (κ1) is 14.1. The number of nitrogens with one attached hydrogen (secondary N) is 1. The van der Waals surface area contributed by atoms with Gasteiger partial charge in [-0.15, -0.1) is 11.3 Å². The van der Waals surface area contributed by atoms with E-state index < -0.39 is 0 Å².